The second-order valence-corrected chi connectivity index (χ2v) is 6.15. The zero-order valence-corrected chi connectivity index (χ0v) is 15.0. The van der Waals surface area contributed by atoms with Crippen molar-refractivity contribution in [2.75, 3.05) is 20.7 Å². The number of rotatable bonds is 7. The third-order valence-corrected chi connectivity index (χ3v) is 4.21. The molecule has 128 valence electrons. The Hall–Kier alpha value is -2.04. The molecule has 0 aliphatic rings. The number of carbonyl (C=O) groups excluding carboxylic acids is 1. The van der Waals surface area contributed by atoms with E-state index in [0.717, 1.165) is 16.9 Å². The first-order valence-electron chi connectivity index (χ1n) is 7.86. The Labute approximate surface area is 148 Å². The second kappa shape index (κ2) is 8.71. The predicted octanol–water partition coefficient (Wildman–Crippen LogP) is 3.66. The van der Waals surface area contributed by atoms with Gasteiger partial charge in [0.15, 0.2) is 0 Å². The molecule has 0 aromatic heterocycles. The fourth-order valence-electron chi connectivity index (χ4n) is 2.42. The van der Waals surface area contributed by atoms with Crippen molar-refractivity contribution >= 4 is 17.5 Å². The molecule has 1 unspecified atom stereocenters. The lowest BCUT2D eigenvalue weighted by atomic mass is 10.1. The van der Waals surface area contributed by atoms with Gasteiger partial charge < -0.3 is 15.0 Å². The zero-order valence-electron chi connectivity index (χ0n) is 14.3. The number of amides is 1. The van der Waals surface area contributed by atoms with E-state index in [1.165, 1.54) is 0 Å². The van der Waals surface area contributed by atoms with Gasteiger partial charge in [0.1, 0.15) is 5.75 Å². The molecule has 4 nitrogen and oxygen atoms in total. The Morgan fingerprint density at radius 2 is 1.88 bits per heavy atom. The molecular formula is C19H23ClN2O2. The number of nitrogens with zero attached hydrogens (tertiary/aromatic N) is 1. The number of para-hydroxylation sites is 1. The molecule has 5 heteroatoms. The summed E-state index contributed by atoms with van der Waals surface area (Å²) in [5, 5.41) is 3.95. The van der Waals surface area contributed by atoms with Crippen LogP contribution in [-0.4, -0.2) is 31.5 Å². The average Bonchev–Trinajstić information content (AvgIpc) is 2.60. The van der Waals surface area contributed by atoms with E-state index in [1.807, 2.05) is 55.5 Å². The van der Waals surface area contributed by atoms with Crippen molar-refractivity contribution in [2.45, 2.75) is 19.5 Å². The average molecular weight is 347 g/mol. The highest BCUT2D eigenvalue weighted by Gasteiger charge is 2.13. The lowest BCUT2D eigenvalue weighted by molar-refractivity contribution is -0.129. The molecule has 1 amide bonds. The summed E-state index contributed by atoms with van der Waals surface area (Å²) in [5.74, 6) is 0.821. The number of benzene rings is 2. The first-order chi connectivity index (χ1) is 11.5. The normalized spacial score (nSPS) is 11.8. The Kier molecular flexibility index (Phi) is 6.64. The summed E-state index contributed by atoms with van der Waals surface area (Å²) in [6, 6.07) is 15.4. The van der Waals surface area contributed by atoms with Crippen molar-refractivity contribution in [2.24, 2.45) is 0 Å². The predicted molar refractivity (Wildman–Crippen MR) is 97.3 cm³/mol. The van der Waals surface area contributed by atoms with E-state index in [1.54, 1.807) is 19.1 Å². The first kappa shape index (κ1) is 18.3. The van der Waals surface area contributed by atoms with Crippen LogP contribution in [-0.2, 0) is 11.3 Å². The maximum atomic E-state index is 12.3. The molecule has 0 saturated carbocycles. The number of hydrogen-bond donors (Lipinski definition) is 1. The van der Waals surface area contributed by atoms with Gasteiger partial charge in [-0.1, -0.05) is 41.9 Å². The molecule has 24 heavy (non-hydrogen) atoms. The molecule has 0 fully saturated rings. The van der Waals surface area contributed by atoms with E-state index in [9.17, 15) is 4.79 Å². The summed E-state index contributed by atoms with van der Waals surface area (Å²) in [7, 11) is 3.43. The van der Waals surface area contributed by atoms with Crippen LogP contribution in [0, 0.1) is 0 Å². The molecule has 2 rings (SSSR count). The summed E-state index contributed by atoms with van der Waals surface area (Å²) < 4.78 is 5.33. The Morgan fingerprint density at radius 3 is 2.54 bits per heavy atom. The number of methoxy groups -OCH3 is 1. The van der Waals surface area contributed by atoms with Crippen LogP contribution in [0.2, 0.25) is 5.02 Å². The highest BCUT2D eigenvalue weighted by atomic mass is 35.5. The Morgan fingerprint density at radius 1 is 1.21 bits per heavy atom. The van der Waals surface area contributed by atoms with Gasteiger partial charge in [-0.05, 0) is 30.7 Å². The smallest absolute Gasteiger partial charge is 0.236 e. The number of nitrogens with one attached hydrogen (secondary N) is 1. The molecule has 0 saturated heterocycles. The van der Waals surface area contributed by atoms with Crippen LogP contribution in [0.4, 0.5) is 0 Å². The van der Waals surface area contributed by atoms with Crippen LogP contribution in [0.3, 0.4) is 0 Å². The zero-order chi connectivity index (χ0) is 17.5. The third kappa shape index (κ3) is 4.98. The van der Waals surface area contributed by atoms with Crippen LogP contribution in [0.5, 0.6) is 5.75 Å². The van der Waals surface area contributed by atoms with E-state index in [4.69, 9.17) is 16.3 Å². The standard InChI is InChI=1S/C19H23ClN2O2/c1-14(15-8-10-17(20)11-9-15)21-12-19(23)22(2)13-16-6-4-5-7-18(16)24-3/h4-11,14,21H,12-13H2,1-3H3. The van der Waals surface area contributed by atoms with Crippen molar-refractivity contribution in [3.05, 3.63) is 64.7 Å². The van der Waals surface area contributed by atoms with Crippen LogP contribution in [0.15, 0.2) is 48.5 Å². The van der Waals surface area contributed by atoms with Crippen molar-refractivity contribution in [3.8, 4) is 5.75 Å². The van der Waals surface area contributed by atoms with Crippen LogP contribution in [0.1, 0.15) is 24.1 Å². The van der Waals surface area contributed by atoms with Gasteiger partial charge in [-0.2, -0.15) is 0 Å². The fourth-order valence-corrected chi connectivity index (χ4v) is 2.55. The summed E-state index contributed by atoms with van der Waals surface area (Å²) in [5.41, 5.74) is 2.08. The third-order valence-electron chi connectivity index (χ3n) is 3.96. The van der Waals surface area contributed by atoms with Crippen molar-refractivity contribution in [3.63, 3.8) is 0 Å². The molecule has 0 radical (unpaired) electrons. The molecule has 0 heterocycles. The van der Waals surface area contributed by atoms with Crippen molar-refractivity contribution < 1.29 is 9.53 Å². The largest absolute Gasteiger partial charge is 0.496 e. The van der Waals surface area contributed by atoms with Gasteiger partial charge in [-0.15, -0.1) is 0 Å². The Bertz CT molecular complexity index is 673. The number of hydrogen-bond acceptors (Lipinski definition) is 3. The molecule has 0 bridgehead atoms. The SMILES string of the molecule is COc1ccccc1CN(C)C(=O)CNC(C)c1ccc(Cl)cc1. The molecule has 0 aliphatic carbocycles. The lowest BCUT2D eigenvalue weighted by Gasteiger charge is -2.21. The summed E-state index contributed by atoms with van der Waals surface area (Å²) >= 11 is 5.90. The minimum absolute atomic E-state index is 0.0294. The van der Waals surface area contributed by atoms with E-state index in [-0.39, 0.29) is 18.5 Å². The number of ether oxygens (including phenoxy) is 1. The van der Waals surface area contributed by atoms with Gasteiger partial charge in [0.25, 0.3) is 0 Å². The minimum Gasteiger partial charge on any atom is -0.496 e. The van der Waals surface area contributed by atoms with E-state index in [2.05, 4.69) is 5.32 Å². The molecule has 0 spiro atoms. The molecular weight excluding hydrogens is 324 g/mol. The van der Waals surface area contributed by atoms with Crippen LogP contribution >= 0.6 is 11.6 Å². The Balaban J connectivity index is 1.88. The molecule has 2 aromatic rings. The van der Waals surface area contributed by atoms with Gasteiger partial charge in [-0.25, -0.2) is 0 Å². The fraction of sp³-hybridized carbons (Fsp3) is 0.316. The highest BCUT2D eigenvalue weighted by molar-refractivity contribution is 6.30. The number of halogens is 1. The maximum absolute atomic E-state index is 12.3. The van der Waals surface area contributed by atoms with Crippen LogP contribution in [0.25, 0.3) is 0 Å². The summed E-state index contributed by atoms with van der Waals surface area (Å²) in [6.45, 7) is 2.81. The molecule has 2 aromatic carbocycles. The molecule has 1 atom stereocenters. The highest BCUT2D eigenvalue weighted by Crippen LogP contribution is 2.19. The van der Waals surface area contributed by atoms with E-state index in [0.29, 0.717) is 11.6 Å². The van der Waals surface area contributed by atoms with Crippen LogP contribution < -0.4 is 10.1 Å². The van der Waals surface area contributed by atoms with Crippen molar-refractivity contribution in [1.82, 2.24) is 10.2 Å². The van der Waals surface area contributed by atoms with Gasteiger partial charge in [0.2, 0.25) is 5.91 Å². The maximum Gasteiger partial charge on any atom is 0.236 e. The summed E-state index contributed by atoms with van der Waals surface area (Å²) in [6.07, 6.45) is 0. The minimum atomic E-state index is 0.0294. The molecule has 1 N–H and O–H groups in total. The van der Waals surface area contributed by atoms with Gasteiger partial charge in [0, 0.05) is 30.2 Å². The van der Waals surface area contributed by atoms with E-state index >= 15 is 0 Å². The molecule has 0 aliphatic heterocycles. The quantitative estimate of drug-likeness (QED) is 0.832. The van der Waals surface area contributed by atoms with Crippen molar-refractivity contribution in [1.29, 1.82) is 0 Å². The lowest BCUT2D eigenvalue weighted by Crippen LogP contribution is -2.36. The number of carbonyl (C=O) groups is 1. The van der Waals surface area contributed by atoms with Gasteiger partial charge >= 0.3 is 0 Å². The van der Waals surface area contributed by atoms with Gasteiger partial charge in [0.05, 0.1) is 13.7 Å². The first-order valence-corrected chi connectivity index (χ1v) is 8.23. The van der Waals surface area contributed by atoms with E-state index < -0.39 is 0 Å². The monoisotopic (exact) mass is 346 g/mol. The van der Waals surface area contributed by atoms with Gasteiger partial charge in [-0.3, -0.25) is 4.79 Å². The topological polar surface area (TPSA) is 41.6 Å². The number of likely N-dealkylation sites (N-methyl/N-ethyl adjacent to an activating group) is 1. The second-order valence-electron chi connectivity index (χ2n) is 5.72. The summed E-state index contributed by atoms with van der Waals surface area (Å²) in [4.78, 5) is 14.0.